The summed E-state index contributed by atoms with van der Waals surface area (Å²) in [5.41, 5.74) is 9.78. The molecule has 408 valence electrons. The minimum Gasteiger partial charge on any atom is -0.497 e. The molecule has 0 fully saturated rings. The van der Waals surface area contributed by atoms with E-state index < -0.39 is 40.4 Å². The van der Waals surface area contributed by atoms with Crippen molar-refractivity contribution in [3.05, 3.63) is 95.1 Å². The Bertz CT molecular complexity index is 1960. The molecule has 73 heavy (non-hydrogen) atoms. The third kappa shape index (κ3) is 22.2. The summed E-state index contributed by atoms with van der Waals surface area (Å²) in [4.78, 5) is 0. The number of rotatable bonds is 36. The van der Waals surface area contributed by atoms with Gasteiger partial charge in [0, 0.05) is 73.2 Å². The van der Waals surface area contributed by atoms with Gasteiger partial charge in [-0.25, -0.2) is 0 Å². The Morgan fingerprint density at radius 2 is 0.521 bits per heavy atom. The molecule has 0 aliphatic carbocycles. The Morgan fingerprint density at radius 1 is 0.315 bits per heavy atom. The van der Waals surface area contributed by atoms with Gasteiger partial charge in [0.15, 0.2) is 0 Å². The van der Waals surface area contributed by atoms with Crippen molar-refractivity contribution < 1.29 is 18.9 Å². The fraction of sp³-hybridized carbons (Fsp3) is 0.600. The summed E-state index contributed by atoms with van der Waals surface area (Å²) in [7, 11) is -8.34. The van der Waals surface area contributed by atoms with Crippen LogP contribution >= 0.6 is 0 Å². The summed E-state index contributed by atoms with van der Waals surface area (Å²) >= 11 is 0. The lowest BCUT2D eigenvalue weighted by Gasteiger charge is -2.36. The van der Waals surface area contributed by atoms with Crippen molar-refractivity contribution in [2.45, 2.75) is 182 Å². The van der Waals surface area contributed by atoms with Crippen LogP contribution in [-0.4, -0.2) is 91.5 Å². The smallest absolute Gasteiger partial charge is 0.120 e. The Hall–Kier alpha value is -3.64. The number of anilines is 4. The summed E-state index contributed by atoms with van der Waals surface area (Å²) < 4.78 is 26.6. The van der Waals surface area contributed by atoms with E-state index in [0.717, 1.165) is 74.1 Å². The van der Waals surface area contributed by atoms with Crippen molar-refractivity contribution in [1.29, 1.82) is 0 Å². The van der Waals surface area contributed by atoms with Gasteiger partial charge in [0.05, 0.1) is 65.3 Å². The molecular weight excluding hydrogens is 981 g/mol. The van der Waals surface area contributed by atoms with Gasteiger partial charge in [-0.1, -0.05) is 151 Å². The van der Waals surface area contributed by atoms with Crippen LogP contribution in [0.4, 0.5) is 22.7 Å². The third-order valence-corrected chi connectivity index (χ3v) is 31.3. The SMILES string of the molecule is CCNc1cc(OC[Si](C)(C)CCC[Si](CCC[Si](C)(C)COc2ccc(C)c(NCC)c2)(CCC[Si](C)(C)COc2ccc(C)c(NCC)c2)CCC[Si](C)(C)COc2ccc(C)c(NCC)c2)ccc1C. The molecule has 0 aliphatic rings. The van der Waals surface area contributed by atoms with Crippen LogP contribution in [0, 0.1) is 27.7 Å². The van der Waals surface area contributed by atoms with Gasteiger partial charge in [-0.2, -0.15) is 0 Å². The maximum absolute atomic E-state index is 6.64. The first-order valence-electron chi connectivity index (χ1n) is 28.4. The van der Waals surface area contributed by atoms with E-state index in [9.17, 15) is 0 Å². The van der Waals surface area contributed by atoms with Gasteiger partial charge in [0.25, 0.3) is 0 Å². The third-order valence-electron chi connectivity index (χ3n) is 15.1. The maximum atomic E-state index is 6.64. The van der Waals surface area contributed by atoms with E-state index in [1.54, 1.807) is 0 Å². The molecule has 0 heterocycles. The quantitative estimate of drug-likeness (QED) is 0.0335. The first kappa shape index (κ1) is 61.9. The molecule has 0 saturated heterocycles. The highest BCUT2D eigenvalue weighted by atomic mass is 28.3. The second kappa shape index (κ2) is 29.6. The molecule has 13 heteroatoms. The van der Waals surface area contributed by atoms with E-state index >= 15 is 0 Å². The van der Waals surface area contributed by atoms with Gasteiger partial charge in [-0.15, -0.1) is 0 Å². The maximum Gasteiger partial charge on any atom is 0.120 e. The summed E-state index contributed by atoms with van der Waals surface area (Å²) in [6.45, 7) is 41.5. The van der Waals surface area contributed by atoms with Crippen LogP contribution in [0.1, 0.15) is 75.6 Å². The summed E-state index contributed by atoms with van der Waals surface area (Å²) in [5, 5.41) is 14.1. The standard InChI is InChI=1S/C60H104N4O4Si5/c1-17-61-57-41-53(29-25-49(57)5)65-45-69(9,10)33-21-37-73(38-22-34-70(11,12)46-66-54-30-26-50(6)58(42-54)62-18-2,39-23-35-71(13,14)47-67-55-31-27-51(7)59(43-55)63-19-3)40-24-36-72(15,16)48-68-56-32-28-52(8)60(44-56)64-20-4/h25-32,41-44,61-64H,17-24,33-40,45-48H2,1-16H3. The van der Waals surface area contributed by atoms with Gasteiger partial charge < -0.3 is 40.2 Å². The van der Waals surface area contributed by atoms with Crippen LogP contribution in [-0.2, 0) is 0 Å². The van der Waals surface area contributed by atoms with Crippen molar-refractivity contribution in [3.63, 3.8) is 0 Å². The number of benzene rings is 4. The van der Waals surface area contributed by atoms with E-state index in [0.29, 0.717) is 0 Å². The molecule has 4 N–H and O–H groups in total. The van der Waals surface area contributed by atoms with Crippen molar-refractivity contribution >= 4 is 63.1 Å². The molecule has 4 rings (SSSR count). The van der Waals surface area contributed by atoms with Gasteiger partial charge in [0.2, 0.25) is 0 Å². The van der Waals surface area contributed by atoms with E-state index in [1.807, 2.05) is 0 Å². The predicted octanol–water partition coefficient (Wildman–Crippen LogP) is 17.3. The Morgan fingerprint density at radius 3 is 0.712 bits per heavy atom. The van der Waals surface area contributed by atoms with Crippen molar-refractivity contribution in [2.75, 3.05) is 72.4 Å². The average Bonchev–Trinajstić information content (AvgIpc) is 3.32. The second-order valence-corrected chi connectivity index (χ2v) is 50.2. The topological polar surface area (TPSA) is 85.0 Å². The highest BCUT2D eigenvalue weighted by Crippen LogP contribution is 2.38. The van der Waals surface area contributed by atoms with E-state index in [4.69, 9.17) is 18.9 Å². The Kier molecular flexibility index (Phi) is 25.1. The number of nitrogens with one attached hydrogen (secondary N) is 4. The van der Waals surface area contributed by atoms with Crippen molar-refractivity contribution in [2.24, 2.45) is 0 Å². The fourth-order valence-corrected chi connectivity index (χ4v) is 24.2. The van der Waals surface area contributed by atoms with Crippen LogP contribution in [0.3, 0.4) is 0 Å². The molecule has 0 saturated carbocycles. The van der Waals surface area contributed by atoms with Crippen molar-refractivity contribution in [1.82, 2.24) is 0 Å². The molecule has 0 amide bonds. The molecule has 0 aromatic heterocycles. The van der Waals surface area contributed by atoms with Gasteiger partial charge >= 0.3 is 0 Å². The van der Waals surface area contributed by atoms with Gasteiger partial charge in [-0.3, -0.25) is 0 Å². The van der Waals surface area contributed by atoms with Crippen LogP contribution < -0.4 is 40.2 Å². The Balaban J connectivity index is 1.56. The monoisotopic (exact) mass is 1080 g/mol. The molecule has 0 aliphatic heterocycles. The molecule has 4 aromatic carbocycles. The highest BCUT2D eigenvalue weighted by molar-refractivity contribution is 6.82. The molecule has 4 aromatic rings. The van der Waals surface area contributed by atoms with Gasteiger partial charge in [-0.05, 0) is 102 Å². The highest BCUT2D eigenvalue weighted by Gasteiger charge is 2.36. The number of hydrogen-bond acceptors (Lipinski definition) is 8. The lowest BCUT2D eigenvalue weighted by atomic mass is 10.2. The van der Waals surface area contributed by atoms with Crippen LogP contribution in [0.25, 0.3) is 0 Å². The summed E-state index contributed by atoms with van der Waals surface area (Å²) in [6, 6.07) is 37.2. The van der Waals surface area contributed by atoms with Crippen molar-refractivity contribution in [3.8, 4) is 23.0 Å². The van der Waals surface area contributed by atoms with Crippen LogP contribution in [0.5, 0.6) is 23.0 Å². The molecule has 0 atom stereocenters. The van der Waals surface area contributed by atoms with E-state index in [2.05, 4.69) is 202 Å². The minimum absolute atomic E-state index is 0.862. The predicted molar refractivity (Wildman–Crippen MR) is 336 cm³/mol. The second-order valence-electron chi connectivity index (χ2n) is 24.8. The lowest BCUT2D eigenvalue weighted by molar-refractivity contribution is 0.376. The van der Waals surface area contributed by atoms with E-state index in [1.165, 1.54) is 119 Å². The lowest BCUT2D eigenvalue weighted by Crippen LogP contribution is -2.40. The van der Waals surface area contributed by atoms with Gasteiger partial charge in [0.1, 0.15) is 23.0 Å². The first-order chi connectivity index (χ1) is 34.5. The summed E-state index contributed by atoms with van der Waals surface area (Å²) in [6.07, 6.45) is 8.76. The van der Waals surface area contributed by atoms with Crippen LogP contribution in [0.2, 0.25) is 101 Å². The molecule has 0 unspecified atom stereocenters. The molecular formula is C60H104N4O4Si5. The van der Waals surface area contributed by atoms with Crippen LogP contribution in [0.15, 0.2) is 72.8 Å². The first-order valence-corrected chi connectivity index (χ1v) is 44.9. The number of aryl methyl sites for hydroxylation is 4. The minimum atomic E-state index is -1.74. The fourth-order valence-electron chi connectivity index (χ4n) is 10.2. The largest absolute Gasteiger partial charge is 0.497 e. The zero-order chi connectivity index (χ0) is 53.7. The normalized spacial score (nSPS) is 12.4. The molecule has 0 bridgehead atoms. The summed E-state index contributed by atoms with van der Waals surface area (Å²) in [5.74, 6) is 3.98. The number of ether oxygens (including phenoxy) is 4. The zero-order valence-corrected chi connectivity index (χ0v) is 54.2. The average molecular weight is 1090 g/mol. The molecule has 0 radical (unpaired) electrons. The molecule has 8 nitrogen and oxygen atoms in total. The Labute approximate surface area is 451 Å². The zero-order valence-electron chi connectivity index (χ0n) is 49.2. The number of hydrogen-bond donors (Lipinski definition) is 4. The molecule has 0 spiro atoms. The van der Waals surface area contributed by atoms with E-state index in [-0.39, 0.29) is 0 Å².